The van der Waals surface area contributed by atoms with Crippen LogP contribution in [0, 0.1) is 6.92 Å². The van der Waals surface area contributed by atoms with E-state index in [0.717, 1.165) is 24.8 Å². The zero-order valence-electron chi connectivity index (χ0n) is 26.9. The quantitative estimate of drug-likeness (QED) is 0.145. The smallest absolute Gasteiger partial charge is 0.259 e. The molecule has 11 nitrogen and oxygen atoms in total. The van der Waals surface area contributed by atoms with Crippen LogP contribution in [-0.2, 0) is 4.79 Å². The van der Waals surface area contributed by atoms with Crippen molar-refractivity contribution in [3.05, 3.63) is 77.4 Å². The van der Waals surface area contributed by atoms with Gasteiger partial charge in [-0.3, -0.25) is 19.8 Å². The molecule has 4 N–H and O–H groups in total. The molecule has 0 saturated heterocycles. The van der Waals surface area contributed by atoms with Gasteiger partial charge in [0.2, 0.25) is 5.91 Å². The van der Waals surface area contributed by atoms with Crippen molar-refractivity contribution >= 4 is 29.1 Å². The number of hydrazine groups is 1. The van der Waals surface area contributed by atoms with Crippen LogP contribution in [0.3, 0.4) is 0 Å². The monoisotopic (exact) mass is 619 g/mol. The second kappa shape index (κ2) is 17.6. The number of anilines is 2. The molecular formula is C34H45N5O6. The second-order valence-electron chi connectivity index (χ2n) is 10.8. The maximum absolute atomic E-state index is 13.6. The zero-order chi connectivity index (χ0) is 32.8. The molecule has 3 aromatic rings. The lowest BCUT2D eigenvalue weighted by molar-refractivity contribution is -0.124. The van der Waals surface area contributed by atoms with Gasteiger partial charge in [-0.05, 0) is 87.2 Å². The van der Waals surface area contributed by atoms with Crippen molar-refractivity contribution in [2.75, 3.05) is 58.2 Å². The molecule has 3 rings (SSSR count). The first-order valence-corrected chi connectivity index (χ1v) is 15.0. The molecule has 0 unspecified atom stereocenters. The number of aryl methyl sites for hydroxylation is 1. The number of amides is 3. The van der Waals surface area contributed by atoms with Crippen molar-refractivity contribution in [1.29, 1.82) is 0 Å². The number of unbranched alkanes of at least 4 members (excludes halogenated alkanes) is 2. The van der Waals surface area contributed by atoms with Crippen LogP contribution in [0.15, 0.2) is 60.7 Å². The Morgan fingerprint density at radius 2 is 1.56 bits per heavy atom. The number of methoxy groups -OCH3 is 1. The van der Waals surface area contributed by atoms with E-state index in [2.05, 4.69) is 10.7 Å². The minimum atomic E-state index is -0.369. The number of nitrogens with zero attached hydrogens (tertiary/aromatic N) is 2. The van der Waals surface area contributed by atoms with Crippen LogP contribution in [0.5, 0.6) is 17.2 Å². The number of rotatable bonds is 17. The molecule has 0 saturated carbocycles. The molecule has 3 amide bonds. The Morgan fingerprint density at radius 3 is 2.29 bits per heavy atom. The molecule has 0 fully saturated rings. The molecule has 242 valence electrons. The molecule has 0 bridgehead atoms. The molecule has 0 aliphatic rings. The highest BCUT2D eigenvalue weighted by Crippen LogP contribution is 2.32. The first kappa shape index (κ1) is 34.9. The molecule has 3 aromatic carbocycles. The largest absolute Gasteiger partial charge is 0.495 e. The van der Waals surface area contributed by atoms with Crippen LogP contribution in [-0.4, -0.2) is 70.7 Å². The molecular weight excluding hydrogens is 574 g/mol. The minimum absolute atomic E-state index is 0.0111. The number of hydrogen-bond donors (Lipinski definition) is 3. The maximum atomic E-state index is 13.6. The molecule has 0 heterocycles. The number of benzene rings is 3. The highest BCUT2D eigenvalue weighted by molar-refractivity contribution is 6.09. The van der Waals surface area contributed by atoms with Gasteiger partial charge in [-0.15, -0.1) is 0 Å². The lowest BCUT2D eigenvalue weighted by Crippen LogP contribution is -2.35. The predicted octanol–water partition coefficient (Wildman–Crippen LogP) is 4.79. The van der Waals surface area contributed by atoms with E-state index in [4.69, 9.17) is 19.9 Å². The van der Waals surface area contributed by atoms with Crippen LogP contribution in [0.25, 0.3) is 0 Å². The van der Waals surface area contributed by atoms with E-state index in [0.29, 0.717) is 72.4 Å². The number of hydrogen-bond acceptors (Lipinski definition) is 8. The van der Waals surface area contributed by atoms with E-state index in [1.165, 1.54) is 12.0 Å². The number of carbonyl (C=O) groups excluding carboxylic acids is 3. The third kappa shape index (κ3) is 10.5. The van der Waals surface area contributed by atoms with Crippen molar-refractivity contribution in [2.45, 2.75) is 39.0 Å². The highest BCUT2D eigenvalue weighted by atomic mass is 16.5. The van der Waals surface area contributed by atoms with Crippen LogP contribution in [0.1, 0.15) is 58.4 Å². The summed E-state index contributed by atoms with van der Waals surface area (Å²) in [6.07, 6.45) is 3.49. The summed E-state index contributed by atoms with van der Waals surface area (Å²) >= 11 is 0. The van der Waals surface area contributed by atoms with Crippen molar-refractivity contribution < 1.29 is 28.6 Å². The molecule has 0 atom stereocenters. The van der Waals surface area contributed by atoms with Crippen molar-refractivity contribution in [1.82, 2.24) is 10.4 Å². The Kier molecular flexibility index (Phi) is 13.7. The molecule has 0 aromatic heterocycles. The maximum Gasteiger partial charge on any atom is 0.259 e. The Balaban J connectivity index is 1.67. The van der Waals surface area contributed by atoms with Gasteiger partial charge >= 0.3 is 0 Å². The number of nitrogens with one attached hydrogen (secondary N) is 2. The number of para-hydroxylation sites is 1. The van der Waals surface area contributed by atoms with Crippen LogP contribution >= 0.6 is 0 Å². The van der Waals surface area contributed by atoms with Gasteiger partial charge in [0.25, 0.3) is 11.8 Å². The second-order valence-corrected chi connectivity index (χ2v) is 10.8. The number of ether oxygens (including phenoxy) is 3. The minimum Gasteiger partial charge on any atom is -0.495 e. The van der Waals surface area contributed by atoms with Crippen molar-refractivity contribution in [3.63, 3.8) is 0 Å². The van der Waals surface area contributed by atoms with Gasteiger partial charge in [0.15, 0.2) is 0 Å². The fourth-order valence-corrected chi connectivity index (χ4v) is 4.53. The Hall–Kier alpha value is -4.61. The summed E-state index contributed by atoms with van der Waals surface area (Å²) in [7, 11) is 6.73. The lowest BCUT2D eigenvalue weighted by Gasteiger charge is -2.22. The van der Waals surface area contributed by atoms with Crippen LogP contribution in [0.2, 0.25) is 0 Å². The summed E-state index contributed by atoms with van der Waals surface area (Å²) in [4.78, 5) is 40.1. The van der Waals surface area contributed by atoms with E-state index in [1.807, 2.05) is 25.1 Å². The van der Waals surface area contributed by atoms with Gasteiger partial charge < -0.3 is 30.2 Å². The van der Waals surface area contributed by atoms with Gasteiger partial charge in [0, 0.05) is 33.1 Å². The normalized spacial score (nSPS) is 10.7. The highest BCUT2D eigenvalue weighted by Gasteiger charge is 2.21. The average molecular weight is 620 g/mol. The molecule has 0 radical (unpaired) electrons. The molecule has 45 heavy (non-hydrogen) atoms. The zero-order valence-corrected chi connectivity index (χ0v) is 26.9. The average Bonchev–Trinajstić information content (AvgIpc) is 3.02. The van der Waals surface area contributed by atoms with Gasteiger partial charge in [-0.2, -0.15) is 0 Å². The Morgan fingerprint density at radius 1 is 0.822 bits per heavy atom. The first-order valence-electron chi connectivity index (χ1n) is 15.0. The van der Waals surface area contributed by atoms with Crippen LogP contribution < -0.4 is 35.6 Å². The summed E-state index contributed by atoms with van der Waals surface area (Å²) < 4.78 is 17.4. The SMILES string of the molecule is COc1cc(C(=O)N(C)c2ccc(C)cc2OCCCCCC(=O)NN(C)C)ccc1NC(=O)c1ccccc1OCCCN. The first-order chi connectivity index (χ1) is 21.6. The van der Waals surface area contributed by atoms with Crippen molar-refractivity contribution in [3.8, 4) is 17.2 Å². The summed E-state index contributed by atoms with van der Waals surface area (Å²) in [6.45, 7) is 3.31. The molecule has 0 aliphatic heterocycles. The van der Waals surface area contributed by atoms with Gasteiger partial charge in [0.05, 0.1) is 37.3 Å². The van der Waals surface area contributed by atoms with Crippen LogP contribution in [0.4, 0.5) is 11.4 Å². The Bertz CT molecular complexity index is 1440. The Labute approximate surface area is 265 Å². The summed E-state index contributed by atoms with van der Waals surface area (Å²) in [5.41, 5.74) is 11.1. The van der Waals surface area contributed by atoms with E-state index in [-0.39, 0.29) is 17.7 Å². The van der Waals surface area contributed by atoms with E-state index in [9.17, 15) is 14.4 Å². The molecule has 0 spiro atoms. The standard InChI is InChI=1S/C34H45N5O6/c1-24-15-18-28(31(22-24)45-20-10-6-7-14-32(40)37-38(2)3)39(4)34(42)25-16-17-27(30(23-25)43-5)36-33(41)26-12-8-9-13-29(26)44-21-11-19-35/h8-9,12-13,15-18,22-23H,6-7,10-11,14,19-21,35H2,1-5H3,(H,36,41)(H,37,40). The van der Waals surface area contributed by atoms with Gasteiger partial charge in [0.1, 0.15) is 17.2 Å². The van der Waals surface area contributed by atoms with Crippen molar-refractivity contribution in [2.24, 2.45) is 5.73 Å². The third-order valence-corrected chi connectivity index (χ3v) is 6.87. The number of nitrogens with two attached hydrogens (primary N) is 1. The van der Waals surface area contributed by atoms with E-state index >= 15 is 0 Å². The number of carbonyl (C=O) groups is 3. The summed E-state index contributed by atoms with van der Waals surface area (Å²) in [5, 5.41) is 4.50. The lowest BCUT2D eigenvalue weighted by atomic mass is 10.1. The summed E-state index contributed by atoms with van der Waals surface area (Å²) in [6, 6.07) is 17.5. The van der Waals surface area contributed by atoms with Gasteiger partial charge in [-0.1, -0.05) is 18.2 Å². The van der Waals surface area contributed by atoms with Gasteiger partial charge in [-0.25, -0.2) is 5.01 Å². The van der Waals surface area contributed by atoms with E-state index < -0.39 is 0 Å². The third-order valence-electron chi connectivity index (χ3n) is 6.87. The summed E-state index contributed by atoms with van der Waals surface area (Å²) in [5.74, 6) is 0.738. The fraction of sp³-hybridized carbons (Fsp3) is 0.382. The topological polar surface area (TPSA) is 135 Å². The molecule has 11 heteroatoms. The molecule has 0 aliphatic carbocycles. The fourth-order valence-electron chi connectivity index (χ4n) is 4.53. The van der Waals surface area contributed by atoms with E-state index in [1.54, 1.807) is 68.6 Å². The predicted molar refractivity (Wildman–Crippen MR) is 176 cm³/mol.